The molecule has 1 heteroatoms. The number of thiophene rings is 1. The Bertz CT molecular complexity index is 483. The Morgan fingerprint density at radius 1 is 1.27 bits per heavy atom. The predicted octanol–water partition coefficient (Wildman–Crippen LogP) is 1.19. The largest absolute Gasteiger partial charge is 0.144 e. The van der Waals surface area contributed by atoms with Crippen LogP contribution in [0.15, 0.2) is 35.2 Å². The lowest BCUT2D eigenvalue weighted by molar-refractivity contribution is 1.72. The van der Waals surface area contributed by atoms with Crippen molar-refractivity contribution >= 4 is 23.0 Å². The van der Waals surface area contributed by atoms with Gasteiger partial charge in [-0.3, -0.25) is 0 Å². The van der Waals surface area contributed by atoms with Gasteiger partial charge < -0.3 is 0 Å². The number of rotatable bonds is 0. The van der Waals surface area contributed by atoms with Crippen LogP contribution in [0.3, 0.4) is 0 Å². The zero-order chi connectivity index (χ0) is 7.26. The summed E-state index contributed by atoms with van der Waals surface area (Å²) in [6.45, 7) is 0. The van der Waals surface area contributed by atoms with Crippen LogP contribution in [0.2, 0.25) is 0 Å². The molecule has 2 aliphatic rings. The Labute approximate surface area is 68.5 Å². The first kappa shape index (κ1) is 5.56. The number of allylic oxidation sites excluding steroid dienone is 4. The van der Waals surface area contributed by atoms with Crippen molar-refractivity contribution in [1.82, 2.24) is 0 Å². The maximum absolute atomic E-state index is 2.26. The lowest BCUT2D eigenvalue weighted by atomic mass is 10.2. The molecule has 0 aliphatic heterocycles. The maximum Gasteiger partial charge on any atom is 0.0355 e. The third-order valence-electron chi connectivity index (χ3n) is 2.12. The molecule has 0 radical (unpaired) electrons. The number of hydrogen-bond donors (Lipinski definition) is 0. The van der Waals surface area contributed by atoms with E-state index < -0.39 is 0 Å². The molecule has 0 nitrogen and oxygen atoms in total. The van der Waals surface area contributed by atoms with Gasteiger partial charge in [0.1, 0.15) is 0 Å². The summed E-state index contributed by atoms with van der Waals surface area (Å²) in [4.78, 5) is 0. The van der Waals surface area contributed by atoms with Crippen LogP contribution in [-0.2, 0) is 0 Å². The number of hydrogen-bond acceptors (Lipinski definition) is 1. The van der Waals surface area contributed by atoms with Gasteiger partial charge in [0.2, 0.25) is 0 Å². The molecular weight excluding hydrogens is 152 g/mol. The third-order valence-corrected chi connectivity index (χ3v) is 2.99. The topological polar surface area (TPSA) is 0 Å². The molecule has 0 atom stereocenters. The SMILES string of the molecule is C1=CC2=c3ccsc3=CC2=C1. The van der Waals surface area contributed by atoms with E-state index in [1.54, 1.807) is 0 Å². The minimum Gasteiger partial charge on any atom is -0.144 e. The molecule has 1 aromatic heterocycles. The molecule has 0 bridgehead atoms. The zero-order valence-electron chi connectivity index (χ0n) is 5.87. The van der Waals surface area contributed by atoms with Crippen molar-refractivity contribution in [3.05, 3.63) is 45.0 Å². The van der Waals surface area contributed by atoms with Crippen molar-refractivity contribution in [2.45, 2.75) is 0 Å². The molecule has 52 valence electrons. The van der Waals surface area contributed by atoms with E-state index in [0.29, 0.717) is 0 Å². The van der Waals surface area contributed by atoms with Crippen molar-refractivity contribution in [2.75, 3.05) is 0 Å². The van der Waals surface area contributed by atoms with Crippen molar-refractivity contribution in [3.63, 3.8) is 0 Å². The first-order valence-corrected chi connectivity index (χ1v) is 4.51. The normalized spacial score (nSPS) is 17.8. The lowest BCUT2D eigenvalue weighted by Crippen LogP contribution is -2.14. The van der Waals surface area contributed by atoms with E-state index >= 15 is 0 Å². The second-order valence-electron chi connectivity index (χ2n) is 2.74. The van der Waals surface area contributed by atoms with E-state index in [1.807, 2.05) is 11.3 Å². The average molecular weight is 158 g/mol. The summed E-state index contributed by atoms with van der Waals surface area (Å²) in [5.74, 6) is 0. The standard InChI is InChI=1S/C10H6S/c1-2-7-6-10-9(4-5-11-10)8(7)3-1/h1-6H. The van der Waals surface area contributed by atoms with Crippen molar-refractivity contribution in [1.29, 1.82) is 0 Å². The van der Waals surface area contributed by atoms with E-state index in [-0.39, 0.29) is 0 Å². The quantitative estimate of drug-likeness (QED) is 0.532. The van der Waals surface area contributed by atoms with E-state index in [4.69, 9.17) is 0 Å². The van der Waals surface area contributed by atoms with Crippen LogP contribution in [-0.4, -0.2) is 0 Å². The van der Waals surface area contributed by atoms with E-state index in [0.717, 1.165) is 0 Å². The summed E-state index contributed by atoms with van der Waals surface area (Å²) in [5, 5.41) is 3.56. The van der Waals surface area contributed by atoms with Gasteiger partial charge in [-0.15, -0.1) is 11.3 Å². The van der Waals surface area contributed by atoms with Gasteiger partial charge in [0.05, 0.1) is 0 Å². The molecule has 1 heterocycles. The van der Waals surface area contributed by atoms with Crippen molar-refractivity contribution < 1.29 is 0 Å². The fourth-order valence-electron chi connectivity index (χ4n) is 1.60. The highest BCUT2D eigenvalue weighted by molar-refractivity contribution is 7.07. The molecule has 0 aromatic carbocycles. The molecule has 3 rings (SSSR count). The smallest absolute Gasteiger partial charge is 0.0355 e. The van der Waals surface area contributed by atoms with Crippen LogP contribution in [0.25, 0.3) is 11.6 Å². The first-order chi connectivity index (χ1) is 5.45. The summed E-state index contributed by atoms with van der Waals surface area (Å²) in [5.41, 5.74) is 2.79. The molecule has 11 heavy (non-hydrogen) atoms. The fraction of sp³-hybridized carbons (Fsp3) is 0. The van der Waals surface area contributed by atoms with Gasteiger partial charge in [-0.1, -0.05) is 18.2 Å². The lowest BCUT2D eigenvalue weighted by Gasteiger charge is -1.88. The summed E-state index contributed by atoms with van der Waals surface area (Å²) in [6.07, 6.45) is 8.73. The second-order valence-corrected chi connectivity index (χ2v) is 3.69. The Hall–Kier alpha value is -1.08. The second kappa shape index (κ2) is 1.74. The third kappa shape index (κ3) is 0.589. The average Bonchev–Trinajstić information content (AvgIpc) is 2.52. The molecule has 0 spiro atoms. The van der Waals surface area contributed by atoms with Crippen molar-refractivity contribution in [2.24, 2.45) is 0 Å². The molecule has 0 unspecified atom stereocenters. The van der Waals surface area contributed by atoms with Gasteiger partial charge >= 0.3 is 0 Å². The summed E-state index contributed by atoms with van der Waals surface area (Å²) >= 11 is 1.82. The Kier molecular flexibility index (Phi) is 0.880. The van der Waals surface area contributed by atoms with Gasteiger partial charge in [-0.2, -0.15) is 0 Å². The minimum absolute atomic E-state index is 1.38. The van der Waals surface area contributed by atoms with Crippen LogP contribution in [0.5, 0.6) is 0 Å². The summed E-state index contributed by atoms with van der Waals surface area (Å²) < 4.78 is 1.41. The van der Waals surface area contributed by atoms with Gasteiger partial charge in [0.15, 0.2) is 0 Å². The van der Waals surface area contributed by atoms with Gasteiger partial charge in [0.25, 0.3) is 0 Å². The predicted molar refractivity (Wildman–Crippen MR) is 48.7 cm³/mol. The van der Waals surface area contributed by atoms with E-state index in [9.17, 15) is 0 Å². The van der Waals surface area contributed by atoms with Crippen LogP contribution in [0.1, 0.15) is 0 Å². The van der Waals surface area contributed by atoms with Crippen LogP contribution in [0, 0.1) is 0 Å². The van der Waals surface area contributed by atoms with Gasteiger partial charge in [0, 0.05) is 9.75 Å². The summed E-state index contributed by atoms with van der Waals surface area (Å²) in [7, 11) is 0. The Morgan fingerprint density at radius 3 is 3.27 bits per heavy atom. The Morgan fingerprint density at radius 2 is 2.27 bits per heavy atom. The monoisotopic (exact) mass is 158 g/mol. The van der Waals surface area contributed by atoms with Crippen LogP contribution < -0.4 is 9.75 Å². The first-order valence-electron chi connectivity index (χ1n) is 3.63. The fourth-order valence-corrected chi connectivity index (χ4v) is 2.45. The Balaban J connectivity index is 2.64. The van der Waals surface area contributed by atoms with Gasteiger partial charge in [-0.05, 0) is 28.7 Å². The summed E-state index contributed by atoms with van der Waals surface area (Å²) in [6, 6.07) is 2.20. The molecule has 2 aliphatic carbocycles. The van der Waals surface area contributed by atoms with E-state index in [2.05, 4.69) is 35.8 Å². The van der Waals surface area contributed by atoms with E-state index in [1.165, 1.54) is 20.9 Å². The highest BCUT2D eigenvalue weighted by atomic mass is 32.1. The van der Waals surface area contributed by atoms with Crippen LogP contribution >= 0.6 is 11.3 Å². The highest BCUT2D eigenvalue weighted by Gasteiger charge is 2.10. The number of fused-ring (bicyclic) bond motifs is 2. The molecule has 0 saturated heterocycles. The zero-order valence-corrected chi connectivity index (χ0v) is 6.69. The molecule has 0 amide bonds. The van der Waals surface area contributed by atoms with Crippen molar-refractivity contribution in [3.8, 4) is 0 Å². The molecule has 0 fully saturated rings. The molecule has 1 aromatic rings. The maximum atomic E-state index is 2.26. The highest BCUT2D eigenvalue weighted by Crippen LogP contribution is 2.21. The van der Waals surface area contributed by atoms with Crippen LogP contribution in [0.4, 0.5) is 0 Å². The molecule has 0 saturated carbocycles. The van der Waals surface area contributed by atoms with Gasteiger partial charge in [-0.25, -0.2) is 0 Å². The molecular formula is C10H6S. The minimum atomic E-state index is 1.38. The molecule has 0 N–H and O–H groups in total.